The summed E-state index contributed by atoms with van der Waals surface area (Å²) in [4.78, 5) is 28.7. The third-order valence-corrected chi connectivity index (χ3v) is 4.00. The van der Waals surface area contributed by atoms with Crippen molar-refractivity contribution >= 4 is 35.1 Å². The first-order valence-corrected chi connectivity index (χ1v) is 8.70. The van der Waals surface area contributed by atoms with Crippen molar-refractivity contribution in [2.75, 3.05) is 6.61 Å². The number of terminal acetylenes is 1. The molecule has 0 atom stereocenters. The van der Waals surface area contributed by atoms with Crippen molar-refractivity contribution in [2.45, 2.75) is 6.42 Å². The maximum absolute atomic E-state index is 12.1. The summed E-state index contributed by atoms with van der Waals surface area (Å²) in [6.45, 7) is 0.118. The van der Waals surface area contributed by atoms with E-state index in [9.17, 15) is 9.59 Å². The van der Waals surface area contributed by atoms with Gasteiger partial charge in [-0.1, -0.05) is 36.3 Å². The van der Waals surface area contributed by atoms with Gasteiger partial charge in [-0.25, -0.2) is 5.43 Å². The van der Waals surface area contributed by atoms with E-state index in [1.54, 1.807) is 6.07 Å². The van der Waals surface area contributed by atoms with E-state index < -0.39 is 5.91 Å². The Kier molecular flexibility index (Phi) is 5.99. The second-order valence-corrected chi connectivity index (χ2v) is 6.18. The second-order valence-electron chi connectivity index (χ2n) is 5.77. The Balaban J connectivity index is 1.80. The highest BCUT2D eigenvalue weighted by Gasteiger charge is 2.08. The Morgan fingerprint density at radius 2 is 2.11 bits per heavy atom. The predicted octanol–water partition coefficient (Wildman–Crippen LogP) is 2.29. The van der Waals surface area contributed by atoms with Crippen molar-refractivity contribution < 1.29 is 9.53 Å². The molecule has 3 N–H and O–H groups in total. The highest BCUT2D eigenvalue weighted by Crippen LogP contribution is 2.26. The number of carbonyl (C=O) groups is 1. The van der Waals surface area contributed by atoms with Gasteiger partial charge < -0.3 is 9.72 Å². The van der Waals surface area contributed by atoms with Crippen LogP contribution in [0.4, 0.5) is 0 Å². The summed E-state index contributed by atoms with van der Waals surface area (Å²) >= 11 is 4.88. The highest BCUT2D eigenvalue weighted by molar-refractivity contribution is 7.71. The fourth-order valence-corrected chi connectivity index (χ4v) is 2.88. The van der Waals surface area contributed by atoms with Crippen molar-refractivity contribution in [1.82, 2.24) is 15.4 Å². The van der Waals surface area contributed by atoms with Crippen LogP contribution in [0, 0.1) is 17.1 Å². The fourth-order valence-electron chi connectivity index (χ4n) is 2.65. The Hall–Kier alpha value is -3.70. The van der Waals surface area contributed by atoms with Gasteiger partial charge in [0, 0.05) is 17.3 Å². The first kappa shape index (κ1) is 19.1. The molecule has 0 bridgehead atoms. The molecule has 0 aliphatic rings. The monoisotopic (exact) mass is 392 g/mol. The minimum Gasteiger partial charge on any atom is -0.480 e. The lowest BCUT2D eigenvalue weighted by Gasteiger charge is -2.09. The number of rotatable bonds is 6. The maximum Gasteiger partial charge on any atom is 0.251 e. The SMILES string of the molecule is C#CCOc1ccc2ccccc2c1/C=N\NC(=O)Cc1cc(=O)[nH]c(=S)[nH]1. The average molecular weight is 392 g/mol. The van der Waals surface area contributed by atoms with Gasteiger partial charge in [0.1, 0.15) is 12.4 Å². The number of carbonyl (C=O) groups excluding carboxylic acids is 1. The van der Waals surface area contributed by atoms with Crippen molar-refractivity contribution in [3.8, 4) is 18.1 Å². The number of aromatic amines is 2. The highest BCUT2D eigenvalue weighted by atomic mass is 32.1. The van der Waals surface area contributed by atoms with Gasteiger partial charge in [0.2, 0.25) is 5.91 Å². The van der Waals surface area contributed by atoms with Gasteiger partial charge in [0.05, 0.1) is 12.6 Å². The largest absolute Gasteiger partial charge is 0.480 e. The number of nitrogens with one attached hydrogen (secondary N) is 3. The molecule has 3 aromatic rings. The van der Waals surface area contributed by atoms with Crippen LogP contribution in [0.3, 0.4) is 0 Å². The lowest BCUT2D eigenvalue weighted by atomic mass is 10.0. The van der Waals surface area contributed by atoms with Crippen molar-refractivity contribution in [1.29, 1.82) is 0 Å². The van der Waals surface area contributed by atoms with Gasteiger partial charge in [-0.3, -0.25) is 14.6 Å². The van der Waals surface area contributed by atoms with Gasteiger partial charge in [0.15, 0.2) is 4.77 Å². The molecule has 0 aliphatic carbocycles. The number of ether oxygens (including phenoxy) is 1. The van der Waals surface area contributed by atoms with E-state index in [0.717, 1.165) is 10.8 Å². The minimum atomic E-state index is -0.404. The van der Waals surface area contributed by atoms with Crippen molar-refractivity contribution in [3.05, 3.63) is 68.8 Å². The zero-order chi connectivity index (χ0) is 19.9. The number of hydrogen-bond donors (Lipinski definition) is 3. The Labute approximate surface area is 165 Å². The number of aromatic nitrogens is 2. The fraction of sp³-hybridized carbons (Fsp3) is 0.100. The molecule has 1 amide bonds. The number of amides is 1. The first-order chi connectivity index (χ1) is 13.6. The molecule has 0 fully saturated rings. The lowest BCUT2D eigenvalue weighted by Crippen LogP contribution is -2.21. The molecule has 0 saturated carbocycles. The zero-order valence-electron chi connectivity index (χ0n) is 14.7. The normalized spacial score (nSPS) is 10.7. The van der Waals surface area contributed by atoms with E-state index >= 15 is 0 Å². The molecule has 0 unspecified atom stereocenters. The molecule has 8 heteroatoms. The summed E-state index contributed by atoms with van der Waals surface area (Å²) in [6.07, 6.45) is 6.71. The number of fused-ring (bicyclic) bond motifs is 1. The van der Waals surface area contributed by atoms with Gasteiger partial charge in [-0.2, -0.15) is 5.10 Å². The molecular formula is C20H16N4O3S. The Morgan fingerprint density at radius 1 is 1.29 bits per heavy atom. The zero-order valence-corrected chi connectivity index (χ0v) is 15.5. The van der Waals surface area contributed by atoms with Gasteiger partial charge in [0.25, 0.3) is 5.56 Å². The van der Waals surface area contributed by atoms with Crippen LogP contribution in [-0.4, -0.2) is 28.7 Å². The van der Waals surface area contributed by atoms with E-state index in [1.165, 1.54) is 12.3 Å². The number of benzene rings is 2. The first-order valence-electron chi connectivity index (χ1n) is 8.29. The van der Waals surface area contributed by atoms with Crippen LogP contribution in [-0.2, 0) is 11.2 Å². The summed E-state index contributed by atoms with van der Waals surface area (Å²) < 4.78 is 5.74. The van der Waals surface area contributed by atoms with E-state index in [0.29, 0.717) is 17.0 Å². The maximum atomic E-state index is 12.1. The Bertz CT molecular complexity index is 1180. The number of nitrogens with zero attached hydrogens (tertiary/aromatic N) is 1. The number of H-pyrrole nitrogens is 2. The number of hydrazone groups is 1. The molecule has 1 aromatic heterocycles. The third kappa shape index (κ3) is 4.72. The lowest BCUT2D eigenvalue weighted by molar-refractivity contribution is -0.120. The van der Waals surface area contributed by atoms with E-state index in [2.05, 4.69) is 26.4 Å². The molecular weight excluding hydrogens is 376 g/mol. The average Bonchev–Trinajstić information content (AvgIpc) is 2.66. The summed E-state index contributed by atoms with van der Waals surface area (Å²) in [5.41, 5.74) is 3.15. The molecule has 0 saturated heterocycles. The third-order valence-electron chi connectivity index (χ3n) is 3.79. The molecule has 0 spiro atoms. The molecule has 28 heavy (non-hydrogen) atoms. The minimum absolute atomic E-state index is 0.0686. The molecule has 2 aromatic carbocycles. The second kappa shape index (κ2) is 8.79. The van der Waals surface area contributed by atoms with Crippen LogP contribution in [0.25, 0.3) is 10.8 Å². The molecule has 0 aliphatic heterocycles. The Morgan fingerprint density at radius 3 is 2.89 bits per heavy atom. The smallest absolute Gasteiger partial charge is 0.251 e. The van der Waals surface area contributed by atoms with Gasteiger partial charge in [-0.15, -0.1) is 6.42 Å². The quantitative estimate of drug-likeness (QED) is 0.259. The van der Waals surface area contributed by atoms with Gasteiger partial charge >= 0.3 is 0 Å². The van der Waals surface area contributed by atoms with Crippen molar-refractivity contribution in [2.24, 2.45) is 5.10 Å². The van der Waals surface area contributed by atoms with Crippen LogP contribution < -0.4 is 15.7 Å². The van der Waals surface area contributed by atoms with Gasteiger partial charge in [-0.05, 0) is 29.1 Å². The summed E-state index contributed by atoms with van der Waals surface area (Å²) in [6, 6.07) is 12.7. The van der Waals surface area contributed by atoms with Crippen LogP contribution in [0.1, 0.15) is 11.3 Å². The van der Waals surface area contributed by atoms with E-state index in [-0.39, 0.29) is 23.4 Å². The molecule has 140 valence electrons. The van der Waals surface area contributed by atoms with E-state index in [4.69, 9.17) is 23.4 Å². The summed E-state index contributed by atoms with van der Waals surface area (Å²) in [5, 5.41) is 5.93. The number of hydrogen-bond acceptors (Lipinski definition) is 5. The standard InChI is InChI=1S/C20H16N4O3S/c1-2-9-27-17-8-7-13-5-3-4-6-15(13)16(17)12-21-24-19(26)11-14-10-18(25)23-20(28)22-14/h1,3-8,10,12H,9,11H2,(H,24,26)(H2,22,23,25,28)/b21-12-. The summed E-state index contributed by atoms with van der Waals surface area (Å²) in [7, 11) is 0. The molecule has 7 nitrogen and oxygen atoms in total. The molecule has 3 rings (SSSR count). The molecule has 1 heterocycles. The van der Waals surface area contributed by atoms with Crippen molar-refractivity contribution in [3.63, 3.8) is 0 Å². The van der Waals surface area contributed by atoms with E-state index in [1.807, 2.05) is 30.3 Å². The van der Waals surface area contributed by atoms with Crippen LogP contribution >= 0.6 is 12.2 Å². The topological polar surface area (TPSA) is 99.3 Å². The summed E-state index contributed by atoms with van der Waals surface area (Å²) in [5.74, 6) is 2.59. The molecule has 0 radical (unpaired) electrons. The van der Waals surface area contributed by atoms with Crippen LogP contribution in [0.15, 0.2) is 52.4 Å². The predicted molar refractivity (Wildman–Crippen MR) is 110 cm³/mol. The van der Waals surface area contributed by atoms with Crippen LogP contribution in [0.5, 0.6) is 5.75 Å². The van der Waals surface area contributed by atoms with Crippen LogP contribution in [0.2, 0.25) is 0 Å².